The van der Waals surface area contributed by atoms with Gasteiger partial charge in [0.25, 0.3) is 0 Å². The zero-order valence-electron chi connectivity index (χ0n) is 8.79. The molecule has 0 fully saturated rings. The Morgan fingerprint density at radius 2 is 2.12 bits per heavy atom. The van der Waals surface area contributed by atoms with Crippen LogP contribution in [-0.4, -0.2) is 22.4 Å². The number of aromatic hydroxyl groups is 1. The summed E-state index contributed by atoms with van der Waals surface area (Å²) in [7, 11) is 1.17. The van der Waals surface area contributed by atoms with Crippen LogP contribution in [0.3, 0.4) is 0 Å². The fourth-order valence-electron chi connectivity index (χ4n) is 1.53. The summed E-state index contributed by atoms with van der Waals surface area (Å²) >= 11 is 0. The molecule has 0 aliphatic heterocycles. The zero-order valence-corrected chi connectivity index (χ0v) is 8.79. The SMILES string of the molecule is COc1c(F)cc(F)c(-c2cn[nH]c2N)c1O. The van der Waals surface area contributed by atoms with Crippen LogP contribution < -0.4 is 10.5 Å². The Balaban J connectivity index is 2.74. The standard InChI is InChI=1S/C10H9F2N3O2/c1-17-9-6(12)2-5(11)7(8(9)16)4-3-14-15-10(4)13/h2-3,16H,1H3,(H3,13,14,15). The van der Waals surface area contributed by atoms with Crippen molar-refractivity contribution in [2.75, 3.05) is 12.8 Å². The minimum atomic E-state index is -0.992. The van der Waals surface area contributed by atoms with Crippen molar-refractivity contribution in [3.8, 4) is 22.6 Å². The maximum atomic E-state index is 13.6. The number of hydrogen-bond donors (Lipinski definition) is 3. The number of methoxy groups -OCH3 is 1. The van der Waals surface area contributed by atoms with Gasteiger partial charge in [0.05, 0.1) is 24.4 Å². The van der Waals surface area contributed by atoms with Gasteiger partial charge in [-0.05, 0) is 0 Å². The van der Waals surface area contributed by atoms with Gasteiger partial charge in [0, 0.05) is 6.07 Å². The molecule has 0 aliphatic carbocycles. The second-order valence-electron chi connectivity index (χ2n) is 3.29. The molecular formula is C10H9F2N3O2. The third kappa shape index (κ3) is 1.65. The number of nitrogen functional groups attached to an aromatic ring is 1. The molecule has 0 spiro atoms. The van der Waals surface area contributed by atoms with E-state index in [0.717, 1.165) is 0 Å². The summed E-state index contributed by atoms with van der Waals surface area (Å²) in [5.41, 5.74) is 5.39. The highest BCUT2D eigenvalue weighted by molar-refractivity contribution is 5.80. The van der Waals surface area contributed by atoms with Crippen LogP contribution in [0.5, 0.6) is 11.5 Å². The van der Waals surface area contributed by atoms with Gasteiger partial charge in [-0.25, -0.2) is 8.78 Å². The second kappa shape index (κ2) is 3.93. The number of phenolic OH excluding ortho intramolecular Hbond substituents is 1. The first-order chi connectivity index (χ1) is 8.06. The van der Waals surface area contributed by atoms with Crippen molar-refractivity contribution >= 4 is 5.82 Å². The van der Waals surface area contributed by atoms with E-state index in [0.29, 0.717) is 6.07 Å². The molecule has 0 saturated carbocycles. The Bertz CT molecular complexity index is 569. The van der Waals surface area contributed by atoms with Crippen molar-refractivity contribution in [3.63, 3.8) is 0 Å². The van der Waals surface area contributed by atoms with Gasteiger partial charge in [-0.2, -0.15) is 5.10 Å². The van der Waals surface area contributed by atoms with Gasteiger partial charge in [-0.3, -0.25) is 5.10 Å². The number of nitrogens with one attached hydrogen (secondary N) is 1. The van der Waals surface area contributed by atoms with Crippen LogP contribution in [0.25, 0.3) is 11.1 Å². The van der Waals surface area contributed by atoms with Gasteiger partial charge in [-0.15, -0.1) is 0 Å². The number of anilines is 1. The van der Waals surface area contributed by atoms with Gasteiger partial charge >= 0.3 is 0 Å². The number of hydrogen-bond acceptors (Lipinski definition) is 4. The van der Waals surface area contributed by atoms with E-state index >= 15 is 0 Å². The molecule has 0 atom stereocenters. The number of rotatable bonds is 2. The number of nitrogens with zero attached hydrogens (tertiary/aromatic N) is 1. The molecule has 7 heteroatoms. The Morgan fingerprint density at radius 3 is 2.65 bits per heavy atom. The number of H-pyrrole nitrogens is 1. The quantitative estimate of drug-likeness (QED) is 0.746. The number of nitrogens with two attached hydrogens (primary N) is 1. The largest absolute Gasteiger partial charge is 0.504 e. The number of aromatic amines is 1. The van der Waals surface area contributed by atoms with Crippen molar-refractivity contribution in [2.45, 2.75) is 0 Å². The number of ether oxygens (including phenoxy) is 1. The summed E-state index contributed by atoms with van der Waals surface area (Å²) in [5.74, 6) is -2.98. The average Bonchev–Trinajstić information content (AvgIpc) is 2.65. The van der Waals surface area contributed by atoms with E-state index in [1.807, 2.05) is 0 Å². The van der Waals surface area contributed by atoms with Crippen molar-refractivity contribution in [3.05, 3.63) is 23.9 Å². The van der Waals surface area contributed by atoms with Crippen LogP contribution in [0.15, 0.2) is 12.3 Å². The molecule has 0 amide bonds. The van der Waals surface area contributed by atoms with Gasteiger partial charge < -0.3 is 15.6 Å². The first-order valence-corrected chi connectivity index (χ1v) is 4.60. The third-order valence-corrected chi connectivity index (χ3v) is 2.30. The van der Waals surface area contributed by atoms with Crippen molar-refractivity contribution in [2.24, 2.45) is 0 Å². The number of benzene rings is 1. The zero-order chi connectivity index (χ0) is 12.6. The fourth-order valence-corrected chi connectivity index (χ4v) is 1.53. The van der Waals surface area contributed by atoms with Crippen molar-refractivity contribution < 1.29 is 18.6 Å². The van der Waals surface area contributed by atoms with E-state index in [9.17, 15) is 13.9 Å². The van der Waals surface area contributed by atoms with E-state index in [1.54, 1.807) is 0 Å². The Hall–Kier alpha value is -2.31. The molecule has 1 aromatic heterocycles. The van der Waals surface area contributed by atoms with Crippen LogP contribution in [0, 0.1) is 11.6 Å². The van der Waals surface area contributed by atoms with E-state index < -0.39 is 23.1 Å². The van der Waals surface area contributed by atoms with E-state index in [-0.39, 0.29) is 16.9 Å². The Labute approximate surface area is 94.8 Å². The lowest BCUT2D eigenvalue weighted by Gasteiger charge is -2.10. The highest BCUT2D eigenvalue weighted by Gasteiger charge is 2.22. The van der Waals surface area contributed by atoms with Gasteiger partial charge in [0.1, 0.15) is 11.6 Å². The summed E-state index contributed by atoms with van der Waals surface area (Å²) in [4.78, 5) is 0. The van der Waals surface area contributed by atoms with Gasteiger partial charge in [-0.1, -0.05) is 0 Å². The maximum absolute atomic E-state index is 13.6. The predicted molar refractivity (Wildman–Crippen MR) is 56.6 cm³/mol. The Kier molecular flexibility index (Phi) is 2.58. The normalized spacial score (nSPS) is 10.5. The minimum absolute atomic E-state index is 0.0628. The molecule has 2 rings (SSSR count). The summed E-state index contributed by atoms with van der Waals surface area (Å²) in [5, 5.41) is 15.7. The molecule has 0 aliphatic rings. The third-order valence-electron chi connectivity index (χ3n) is 2.30. The molecule has 0 unspecified atom stereocenters. The molecule has 17 heavy (non-hydrogen) atoms. The van der Waals surface area contributed by atoms with Crippen molar-refractivity contribution in [1.82, 2.24) is 10.2 Å². The number of aromatic nitrogens is 2. The molecule has 0 radical (unpaired) electrons. The topological polar surface area (TPSA) is 84.2 Å². The molecule has 4 N–H and O–H groups in total. The molecule has 1 heterocycles. The van der Waals surface area contributed by atoms with Crippen LogP contribution in [0.2, 0.25) is 0 Å². The van der Waals surface area contributed by atoms with Crippen LogP contribution >= 0.6 is 0 Å². The van der Waals surface area contributed by atoms with Crippen LogP contribution in [-0.2, 0) is 0 Å². The molecular weight excluding hydrogens is 232 g/mol. The monoisotopic (exact) mass is 241 g/mol. The smallest absolute Gasteiger partial charge is 0.197 e. The minimum Gasteiger partial charge on any atom is -0.504 e. The van der Waals surface area contributed by atoms with Crippen LogP contribution in [0.4, 0.5) is 14.6 Å². The predicted octanol–water partition coefficient (Wildman–Crippen LogP) is 1.65. The highest BCUT2D eigenvalue weighted by atomic mass is 19.1. The molecule has 0 saturated heterocycles. The summed E-state index contributed by atoms with van der Waals surface area (Å²) in [6.07, 6.45) is 1.23. The number of phenols is 1. The summed E-state index contributed by atoms with van der Waals surface area (Å²) < 4.78 is 31.5. The molecule has 1 aromatic carbocycles. The molecule has 90 valence electrons. The van der Waals surface area contributed by atoms with Crippen molar-refractivity contribution in [1.29, 1.82) is 0 Å². The fraction of sp³-hybridized carbons (Fsp3) is 0.100. The van der Waals surface area contributed by atoms with Crippen LogP contribution in [0.1, 0.15) is 0 Å². The van der Waals surface area contributed by atoms with E-state index in [2.05, 4.69) is 14.9 Å². The Morgan fingerprint density at radius 1 is 1.41 bits per heavy atom. The van der Waals surface area contributed by atoms with Gasteiger partial charge in [0.15, 0.2) is 17.3 Å². The molecule has 2 aromatic rings. The van der Waals surface area contributed by atoms with E-state index in [1.165, 1.54) is 13.3 Å². The lowest BCUT2D eigenvalue weighted by molar-refractivity contribution is 0.349. The lowest BCUT2D eigenvalue weighted by Crippen LogP contribution is -1.96. The summed E-state index contributed by atoms with van der Waals surface area (Å²) in [6, 6.07) is 0.611. The lowest BCUT2D eigenvalue weighted by atomic mass is 10.1. The second-order valence-corrected chi connectivity index (χ2v) is 3.29. The summed E-state index contributed by atoms with van der Waals surface area (Å²) in [6.45, 7) is 0. The maximum Gasteiger partial charge on any atom is 0.197 e. The average molecular weight is 241 g/mol. The molecule has 5 nitrogen and oxygen atoms in total. The van der Waals surface area contributed by atoms with Gasteiger partial charge in [0.2, 0.25) is 0 Å². The first-order valence-electron chi connectivity index (χ1n) is 4.60. The van der Waals surface area contributed by atoms with E-state index in [4.69, 9.17) is 5.73 Å². The highest BCUT2D eigenvalue weighted by Crippen LogP contribution is 2.42. The first kappa shape index (κ1) is 11.2. The number of halogens is 2. The molecule has 0 bridgehead atoms.